The van der Waals surface area contributed by atoms with Gasteiger partial charge in [0, 0.05) is 18.4 Å². The lowest BCUT2D eigenvalue weighted by atomic mass is 9.87. The molecule has 0 spiro atoms. The first-order chi connectivity index (χ1) is 10.3. The summed E-state index contributed by atoms with van der Waals surface area (Å²) in [5, 5.41) is 11.3. The van der Waals surface area contributed by atoms with Gasteiger partial charge >= 0.3 is 11.6 Å². The van der Waals surface area contributed by atoms with Gasteiger partial charge in [-0.3, -0.25) is 4.79 Å². The van der Waals surface area contributed by atoms with E-state index >= 15 is 0 Å². The SMILES string of the molecule is CC(=O)O[C@H]1[C@@H](O)c2c(ccc3ccc(=O)oc23)OC1(C)C. The van der Waals surface area contributed by atoms with E-state index in [0.29, 0.717) is 16.7 Å². The van der Waals surface area contributed by atoms with Crippen LogP contribution < -0.4 is 10.4 Å². The third kappa shape index (κ3) is 2.25. The van der Waals surface area contributed by atoms with Crippen molar-refractivity contribution in [1.29, 1.82) is 0 Å². The molecule has 0 fully saturated rings. The van der Waals surface area contributed by atoms with Crippen LogP contribution in [-0.4, -0.2) is 22.8 Å². The zero-order valence-corrected chi connectivity index (χ0v) is 12.5. The molecule has 6 nitrogen and oxygen atoms in total. The third-order valence-corrected chi connectivity index (χ3v) is 3.72. The van der Waals surface area contributed by atoms with E-state index in [2.05, 4.69) is 0 Å². The summed E-state index contributed by atoms with van der Waals surface area (Å²) in [5.74, 6) is -0.117. The number of fused-ring (bicyclic) bond motifs is 3. The molecule has 1 aliphatic heterocycles. The van der Waals surface area contributed by atoms with Crippen LogP contribution in [0.4, 0.5) is 0 Å². The van der Waals surface area contributed by atoms with E-state index in [1.54, 1.807) is 32.0 Å². The molecule has 2 atom stereocenters. The fourth-order valence-electron chi connectivity index (χ4n) is 2.76. The highest BCUT2D eigenvalue weighted by Crippen LogP contribution is 2.44. The number of esters is 1. The molecule has 1 N–H and O–H groups in total. The van der Waals surface area contributed by atoms with Crippen LogP contribution in [0.3, 0.4) is 0 Å². The summed E-state index contributed by atoms with van der Waals surface area (Å²) in [7, 11) is 0. The monoisotopic (exact) mass is 304 g/mol. The van der Waals surface area contributed by atoms with Crippen LogP contribution in [0.25, 0.3) is 11.0 Å². The number of hydrogen-bond donors (Lipinski definition) is 1. The number of aliphatic hydroxyl groups excluding tert-OH is 1. The van der Waals surface area contributed by atoms with Gasteiger partial charge < -0.3 is 19.0 Å². The van der Waals surface area contributed by atoms with Crippen LogP contribution in [0.15, 0.2) is 33.5 Å². The molecule has 116 valence electrons. The summed E-state index contributed by atoms with van der Waals surface area (Å²) in [4.78, 5) is 22.8. The predicted molar refractivity (Wildman–Crippen MR) is 77.7 cm³/mol. The van der Waals surface area contributed by atoms with Crippen molar-refractivity contribution < 1.29 is 23.8 Å². The Kier molecular flexibility index (Phi) is 3.21. The number of ether oxygens (including phenoxy) is 2. The van der Waals surface area contributed by atoms with Crippen LogP contribution in [-0.2, 0) is 9.53 Å². The summed E-state index contributed by atoms with van der Waals surface area (Å²) in [6.45, 7) is 4.71. The van der Waals surface area contributed by atoms with E-state index < -0.39 is 29.4 Å². The van der Waals surface area contributed by atoms with Gasteiger partial charge in [0.2, 0.25) is 0 Å². The number of benzene rings is 1. The van der Waals surface area contributed by atoms with E-state index in [0.717, 1.165) is 0 Å². The van der Waals surface area contributed by atoms with Crippen molar-refractivity contribution in [2.24, 2.45) is 0 Å². The number of carbonyl (C=O) groups is 1. The van der Waals surface area contributed by atoms with Crippen LogP contribution in [0.2, 0.25) is 0 Å². The van der Waals surface area contributed by atoms with Crippen molar-refractivity contribution >= 4 is 16.9 Å². The summed E-state index contributed by atoms with van der Waals surface area (Å²) in [5.41, 5.74) is -0.881. The maximum atomic E-state index is 11.5. The van der Waals surface area contributed by atoms with Gasteiger partial charge in [-0.2, -0.15) is 0 Å². The Hall–Kier alpha value is -2.34. The fraction of sp³-hybridized carbons (Fsp3) is 0.375. The van der Waals surface area contributed by atoms with E-state index in [4.69, 9.17) is 13.9 Å². The van der Waals surface area contributed by atoms with Crippen LogP contribution in [0.5, 0.6) is 5.75 Å². The van der Waals surface area contributed by atoms with Crippen LogP contribution in [0, 0.1) is 0 Å². The van der Waals surface area contributed by atoms with E-state index in [-0.39, 0.29) is 5.58 Å². The molecule has 22 heavy (non-hydrogen) atoms. The van der Waals surface area contributed by atoms with Gasteiger partial charge in [-0.25, -0.2) is 4.79 Å². The largest absolute Gasteiger partial charge is 0.483 e. The first-order valence-electron chi connectivity index (χ1n) is 6.90. The molecule has 0 unspecified atom stereocenters. The summed E-state index contributed by atoms with van der Waals surface area (Å²) < 4.78 is 16.3. The first-order valence-corrected chi connectivity index (χ1v) is 6.90. The summed E-state index contributed by atoms with van der Waals surface area (Å²) in [6, 6.07) is 6.35. The molecule has 0 radical (unpaired) electrons. The minimum atomic E-state index is -1.16. The van der Waals surface area contributed by atoms with Gasteiger partial charge in [0.15, 0.2) is 6.10 Å². The maximum Gasteiger partial charge on any atom is 0.336 e. The van der Waals surface area contributed by atoms with E-state index in [1.807, 2.05) is 0 Å². The highest BCUT2D eigenvalue weighted by molar-refractivity contribution is 5.83. The molecule has 1 aromatic carbocycles. The normalized spacial score (nSPS) is 22.7. The fourth-order valence-corrected chi connectivity index (χ4v) is 2.76. The molecule has 0 amide bonds. The number of carbonyl (C=O) groups excluding carboxylic acids is 1. The molecule has 0 saturated heterocycles. The second-order valence-electron chi connectivity index (χ2n) is 5.83. The molecule has 0 bridgehead atoms. The molecule has 0 aliphatic carbocycles. The highest BCUT2D eigenvalue weighted by atomic mass is 16.6. The van der Waals surface area contributed by atoms with Crippen LogP contribution >= 0.6 is 0 Å². The average Bonchev–Trinajstić information content (AvgIpc) is 2.42. The van der Waals surface area contributed by atoms with Crippen molar-refractivity contribution in [3.8, 4) is 5.75 Å². The lowest BCUT2D eigenvalue weighted by molar-refractivity contribution is -0.174. The molecule has 2 aromatic rings. The molecule has 2 heterocycles. The smallest absolute Gasteiger partial charge is 0.336 e. The molecule has 0 saturated carbocycles. The van der Waals surface area contributed by atoms with Crippen molar-refractivity contribution in [3.63, 3.8) is 0 Å². The van der Waals surface area contributed by atoms with E-state index in [9.17, 15) is 14.7 Å². The Morgan fingerprint density at radius 1 is 1.27 bits per heavy atom. The zero-order chi connectivity index (χ0) is 16.1. The summed E-state index contributed by atoms with van der Waals surface area (Å²) >= 11 is 0. The summed E-state index contributed by atoms with van der Waals surface area (Å²) in [6.07, 6.45) is -2.06. The first kappa shape index (κ1) is 14.6. The molecule has 1 aliphatic rings. The van der Waals surface area contributed by atoms with Gasteiger partial charge in [-0.1, -0.05) is 0 Å². The van der Waals surface area contributed by atoms with Gasteiger partial charge in [0.1, 0.15) is 23.0 Å². The minimum Gasteiger partial charge on any atom is -0.483 e. The Morgan fingerprint density at radius 3 is 2.64 bits per heavy atom. The number of aliphatic hydroxyl groups is 1. The maximum absolute atomic E-state index is 11.5. The quantitative estimate of drug-likeness (QED) is 0.640. The topological polar surface area (TPSA) is 86.0 Å². The van der Waals surface area contributed by atoms with Crippen LogP contribution in [0.1, 0.15) is 32.4 Å². The van der Waals surface area contributed by atoms with Gasteiger partial charge in [-0.15, -0.1) is 0 Å². The number of rotatable bonds is 1. The molecule has 3 rings (SSSR count). The zero-order valence-electron chi connectivity index (χ0n) is 12.5. The van der Waals surface area contributed by atoms with Crippen molar-refractivity contribution in [2.45, 2.75) is 38.6 Å². The highest BCUT2D eigenvalue weighted by Gasteiger charge is 2.46. The molecule has 1 aromatic heterocycles. The average molecular weight is 304 g/mol. The Morgan fingerprint density at radius 2 is 1.95 bits per heavy atom. The Bertz CT molecular complexity index is 804. The third-order valence-electron chi connectivity index (χ3n) is 3.72. The number of hydrogen-bond acceptors (Lipinski definition) is 6. The predicted octanol–water partition coefficient (Wildman–Crippen LogP) is 1.93. The van der Waals surface area contributed by atoms with Crippen molar-refractivity contribution in [2.75, 3.05) is 0 Å². The second kappa shape index (κ2) is 4.84. The van der Waals surface area contributed by atoms with Gasteiger partial charge in [0.25, 0.3) is 0 Å². The van der Waals surface area contributed by atoms with Crippen molar-refractivity contribution in [3.05, 3.63) is 40.2 Å². The van der Waals surface area contributed by atoms with Gasteiger partial charge in [-0.05, 0) is 32.0 Å². The standard InChI is InChI=1S/C16H16O6/c1-8(17)20-15-13(19)12-10(22-16(15,2)3)6-4-9-5-7-11(18)21-14(9)12/h4-7,13,15,19H,1-3H3/t13-,15-/m0/s1. The van der Waals surface area contributed by atoms with Crippen molar-refractivity contribution in [1.82, 2.24) is 0 Å². The minimum absolute atomic E-state index is 0.241. The molecular formula is C16H16O6. The molecular weight excluding hydrogens is 288 g/mol. The Labute approximate surface area is 126 Å². The Balaban J connectivity index is 2.23. The molecule has 6 heteroatoms. The van der Waals surface area contributed by atoms with E-state index in [1.165, 1.54) is 13.0 Å². The lowest BCUT2D eigenvalue weighted by Crippen LogP contribution is -2.51. The lowest BCUT2D eigenvalue weighted by Gasteiger charge is -2.41. The second-order valence-corrected chi connectivity index (χ2v) is 5.83. The van der Waals surface area contributed by atoms with Gasteiger partial charge in [0.05, 0.1) is 5.56 Å².